The van der Waals surface area contributed by atoms with Crippen LogP contribution < -0.4 is 5.32 Å². The van der Waals surface area contributed by atoms with E-state index in [0.29, 0.717) is 0 Å². The van der Waals surface area contributed by atoms with Gasteiger partial charge in [-0.3, -0.25) is 4.79 Å². The smallest absolute Gasteiger partial charge is 0.229 e. The van der Waals surface area contributed by atoms with Gasteiger partial charge >= 0.3 is 0 Å². The van der Waals surface area contributed by atoms with Gasteiger partial charge in [-0.2, -0.15) is 0 Å². The van der Waals surface area contributed by atoms with Crippen molar-refractivity contribution in [2.45, 2.75) is 32.2 Å². The zero-order valence-corrected chi connectivity index (χ0v) is 11.2. The number of aromatic nitrogens is 2. The Bertz CT molecular complexity index is 634. The van der Waals surface area contributed by atoms with Gasteiger partial charge in [0.25, 0.3) is 0 Å². The summed E-state index contributed by atoms with van der Waals surface area (Å²) < 4.78 is 2.07. The fourth-order valence-electron chi connectivity index (χ4n) is 2.55. The number of phenols is 1. The highest BCUT2D eigenvalue weighted by Crippen LogP contribution is 2.20. The molecule has 2 heterocycles. The van der Waals surface area contributed by atoms with E-state index in [1.807, 2.05) is 6.07 Å². The number of carbonyl (C=O) groups is 1. The molecular formula is C15H17N3O2. The van der Waals surface area contributed by atoms with Gasteiger partial charge in [-0.1, -0.05) is 12.1 Å². The highest BCUT2D eigenvalue weighted by molar-refractivity contribution is 5.91. The number of rotatable bonds is 3. The Morgan fingerprint density at radius 1 is 1.40 bits per heavy atom. The first-order valence-electron chi connectivity index (χ1n) is 6.84. The standard InChI is InChI=1S/C15H17N3O2/c19-12-5-3-4-11(8-12)9-15(20)17-14-10-16-13-6-1-2-7-18(13)14/h3-5,8,10,19H,1-2,6-7,9H2,(H,17,20). The van der Waals surface area contributed by atoms with Crippen LogP contribution in [0.4, 0.5) is 5.82 Å². The fraction of sp³-hybridized carbons (Fsp3) is 0.333. The number of nitrogens with one attached hydrogen (secondary N) is 1. The molecule has 1 amide bonds. The third-order valence-electron chi connectivity index (χ3n) is 3.51. The number of fused-ring (bicyclic) bond motifs is 1. The Morgan fingerprint density at radius 3 is 3.15 bits per heavy atom. The van der Waals surface area contributed by atoms with Gasteiger partial charge in [0.1, 0.15) is 17.4 Å². The van der Waals surface area contributed by atoms with Crippen LogP contribution in [0.2, 0.25) is 0 Å². The summed E-state index contributed by atoms with van der Waals surface area (Å²) in [4.78, 5) is 16.4. The van der Waals surface area contributed by atoms with Crippen LogP contribution in [0.5, 0.6) is 5.75 Å². The normalized spacial score (nSPS) is 13.8. The predicted octanol–water partition coefficient (Wildman–Crippen LogP) is 2.11. The number of carbonyl (C=O) groups excluding carboxylic acids is 1. The molecule has 2 N–H and O–H groups in total. The van der Waals surface area contributed by atoms with Crippen LogP contribution in [-0.2, 0) is 24.2 Å². The Labute approximate surface area is 117 Å². The molecule has 5 heteroatoms. The summed E-state index contributed by atoms with van der Waals surface area (Å²) in [5.74, 6) is 1.90. The van der Waals surface area contributed by atoms with Gasteiger partial charge in [0.2, 0.25) is 5.91 Å². The molecule has 0 bridgehead atoms. The van der Waals surface area contributed by atoms with E-state index >= 15 is 0 Å². The minimum Gasteiger partial charge on any atom is -0.508 e. The molecule has 0 aliphatic carbocycles. The number of phenolic OH excluding ortho intramolecular Hbond substituents is 1. The van der Waals surface area contributed by atoms with Crippen LogP contribution in [0, 0.1) is 0 Å². The van der Waals surface area contributed by atoms with Crippen molar-refractivity contribution in [3.63, 3.8) is 0 Å². The summed E-state index contributed by atoms with van der Waals surface area (Å²) in [6.07, 6.45) is 5.23. The summed E-state index contributed by atoms with van der Waals surface area (Å²) >= 11 is 0. The van der Waals surface area contributed by atoms with E-state index in [1.54, 1.807) is 24.4 Å². The predicted molar refractivity (Wildman–Crippen MR) is 75.6 cm³/mol. The monoisotopic (exact) mass is 271 g/mol. The van der Waals surface area contributed by atoms with Gasteiger partial charge in [-0.25, -0.2) is 4.98 Å². The molecule has 20 heavy (non-hydrogen) atoms. The van der Waals surface area contributed by atoms with E-state index in [0.717, 1.165) is 43.0 Å². The van der Waals surface area contributed by atoms with Gasteiger partial charge in [-0.15, -0.1) is 0 Å². The van der Waals surface area contributed by atoms with E-state index in [4.69, 9.17) is 0 Å². The van der Waals surface area contributed by atoms with Crippen molar-refractivity contribution in [2.75, 3.05) is 5.32 Å². The Kier molecular flexibility index (Phi) is 3.41. The molecule has 1 aliphatic rings. The quantitative estimate of drug-likeness (QED) is 0.898. The molecule has 1 aliphatic heterocycles. The van der Waals surface area contributed by atoms with Crippen molar-refractivity contribution in [3.05, 3.63) is 41.9 Å². The maximum Gasteiger partial charge on any atom is 0.229 e. The number of hydrogen-bond donors (Lipinski definition) is 2. The lowest BCUT2D eigenvalue weighted by Gasteiger charge is -2.16. The van der Waals surface area contributed by atoms with Gasteiger partial charge in [0, 0.05) is 13.0 Å². The van der Waals surface area contributed by atoms with Gasteiger partial charge in [-0.05, 0) is 30.5 Å². The van der Waals surface area contributed by atoms with Crippen molar-refractivity contribution in [1.82, 2.24) is 9.55 Å². The molecule has 5 nitrogen and oxygen atoms in total. The first kappa shape index (κ1) is 12.7. The van der Waals surface area contributed by atoms with E-state index in [-0.39, 0.29) is 18.1 Å². The van der Waals surface area contributed by atoms with E-state index < -0.39 is 0 Å². The van der Waals surface area contributed by atoms with Crippen molar-refractivity contribution >= 4 is 11.7 Å². The van der Waals surface area contributed by atoms with Crippen LogP contribution >= 0.6 is 0 Å². The Balaban J connectivity index is 1.69. The van der Waals surface area contributed by atoms with Crippen LogP contribution in [-0.4, -0.2) is 20.6 Å². The second-order valence-corrected chi connectivity index (χ2v) is 5.06. The average molecular weight is 271 g/mol. The number of amides is 1. The number of aromatic hydroxyl groups is 1. The van der Waals surface area contributed by atoms with Crippen LogP contribution in [0.3, 0.4) is 0 Å². The van der Waals surface area contributed by atoms with Crippen LogP contribution in [0.25, 0.3) is 0 Å². The number of nitrogens with zero attached hydrogens (tertiary/aromatic N) is 2. The van der Waals surface area contributed by atoms with Crippen LogP contribution in [0.15, 0.2) is 30.5 Å². The Hall–Kier alpha value is -2.30. The average Bonchev–Trinajstić information content (AvgIpc) is 2.82. The lowest BCUT2D eigenvalue weighted by molar-refractivity contribution is -0.115. The summed E-state index contributed by atoms with van der Waals surface area (Å²) in [5.41, 5.74) is 0.792. The third kappa shape index (κ3) is 2.66. The highest BCUT2D eigenvalue weighted by Gasteiger charge is 2.15. The molecule has 0 fully saturated rings. The Morgan fingerprint density at radius 2 is 2.30 bits per heavy atom. The van der Waals surface area contributed by atoms with Gasteiger partial charge < -0.3 is 15.0 Å². The number of anilines is 1. The molecule has 0 spiro atoms. The number of benzene rings is 1. The topological polar surface area (TPSA) is 67.2 Å². The number of aryl methyl sites for hydroxylation is 1. The summed E-state index contributed by atoms with van der Waals surface area (Å²) in [7, 11) is 0. The molecular weight excluding hydrogens is 254 g/mol. The number of imidazole rings is 1. The van der Waals surface area contributed by atoms with E-state index in [9.17, 15) is 9.90 Å². The first-order valence-corrected chi connectivity index (χ1v) is 6.84. The molecule has 0 saturated heterocycles. The number of hydrogen-bond acceptors (Lipinski definition) is 3. The van der Waals surface area contributed by atoms with Crippen molar-refractivity contribution in [2.24, 2.45) is 0 Å². The minimum atomic E-state index is -0.0936. The maximum absolute atomic E-state index is 12.0. The van der Waals surface area contributed by atoms with E-state index in [2.05, 4.69) is 14.9 Å². The lowest BCUT2D eigenvalue weighted by atomic mass is 10.1. The second kappa shape index (κ2) is 5.36. The minimum absolute atomic E-state index is 0.0936. The summed E-state index contributed by atoms with van der Waals surface area (Å²) in [6, 6.07) is 6.75. The van der Waals surface area contributed by atoms with Crippen molar-refractivity contribution in [1.29, 1.82) is 0 Å². The van der Waals surface area contributed by atoms with E-state index in [1.165, 1.54) is 0 Å². The van der Waals surface area contributed by atoms with Gasteiger partial charge in [0.05, 0.1) is 12.6 Å². The lowest BCUT2D eigenvalue weighted by Crippen LogP contribution is -2.19. The largest absolute Gasteiger partial charge is 0.508 e. The molecule has 0 saturated carbocycles. The zero-order valence-electron chi connectivity index (χ0n) is 11.2. The zero-order chi connectivity index (χ0) is 13.9. The molecule has 104 valence electrons. The second-order valence-electron chi connectivity index (χ2n) is 5.06. The molecule has 0 radical (unpaired) electrons. The SMILES string of the molecule is O=C(Cc1cccc(O)c1)Nc1cnc2n1CCCC2. The van der Waals surface area contributed by atoms with Crippen molar-refractivity contribution in [3.8, 4) is 5.75 Å². The molecule has 0 atom stereocenters. The highest BCUT2D eigenvalue weighted by atomic mass is 16.3. The fourth-order valence-corrected chi connectivity index (χ4v) is 2.55. The molecule has 1 aromatic heterocycles. The van der Waals surface area contributed by atoms with Crippen LogP contribution in [0.1, 0.15) is 24.2 Å². The molecule has 3 rings (SSSR count). The molecule has 0 unspecified atom stereocenters. The van der Waals surface area contributed by atoms with Crippen molar-refractivity contribution < 1.29 is 9.90 Å². The molecule has 1 aromatic carbocycles. The first-order chi connectivity index (χ1) is 9.72. The summed E-state index contributed by atoms with van der Waals surface area (Å²) in [6.45, 7) is 0.914. The summed E-state index contributed by atoms with van der Waals surface area (Å²) in [5, 5.41) is 12.3. The third-order valence-corrected chi connectivity index (χ3v) is 3.51. The maximum atomic E-state index is 12.0. The molecule has 2 aromatic rings. The van der Waals surface area contributed by atoms with Gasteiger partial charge in [0.15, 0.2) is 0 Å².